The maximum atomic E-state index is 5.88. The molecule has 0 amide bonds. The normalized spacial score (nSPS) is 10.5. The number of hydrogen-bond donors (Lipinski definition) is 1. The summed E-state index contributed by atoms with van der Waals surface area (Å²) in [5, 5.41) is 3.14. The lowest BCUT2D eigenvalue weighted by Crippen LogP contribution is -2.05. The Balaban J connectivity index is 2.09. The number of methoxy groups -OCH3 is 1. The number of halogens is 1. The van der Waals surface area contributed by atoms with E-state index in [1.807, 2.05) is 32.2 Å². The lowest BCUT2D eigenvalue weighted by molar-refractivity contribution is 0.284. The molecule has 0 aliphatic rings. The fourth-order valence-corrected chi connectivity index (χ4v) is 2.61. The van der Waals surface area contributed by atoms with Gasteiger partial charge in [-0.15, -0.1) is 0 Å². The molecule has 2 aromatic carbocycles. The van der Waals surface area contributed by atoms with Crippen molar-refractivity contribution in [2.45, 2.75) is 20.1 Å². The van der Waals surface area contributed by atoms with Gasteiger partial charge >= 0.3 is 0 Å². The second-order valence-corrected chi connectivity index (χ2v) is 5.75. The van der Waals surface area contributed by atoms with E-state index in [0.29, 0.717) is 6.61 Å². The molecule has 2 rings (SSSR count). The first-order valence-corrected chi connectivity index (χ1v) is 7.62. The highest BCUT2D eigenvalue weighted by molar-refractivity contribution is 9.10. The van der Waals surface area contributed by atoms with Crippen LogP contribution in [0.1, 0.15) is 16.7 Å². The number of nitrogens with one attached hydrogen (secondary N) is 1. The fraction of sp³-hybridized carbons (Fsp3) is 0.294. The molecular formula is C17H20BrNO2. The molecule has 2 aromatic rings. The number of ether oxygens (including phenoxy) is 2. The molecule has 0 aliphatic heterocycles. The van der Waals surface area contributed by atoms with Crippen molar-refractivity contribution in [2.75, 3.05) is 14.2 Å². The Bertz CT molecular complexity index is 614. The summed E-state index contributed by atoms with van der Waals surface area (Å²) >= 11 is 3.60. The molecule has 4 heteroatoms. The average molecular weight is 350 g/mol. The van der Waals surface area contributed by atoms with Crippen molar-refractivity contribution < 1.29 is 9.47 Å². The summed E-state index contributed by atoms with van der Waals surface area (Å²) < 4.78 is 12.3. The zero-order valence-electron chi connectivity index (χ0n) is 12.6. The zero-order chi connectivity index (χ0) is 15.2. The van der Waals surface area contributed by atoms with Crippen LogP contribution in [0.15, 0.2) is 40.9 Å². The molecule has 0 unspecified atom stereocenters. The second kappa shape index (κ2) is 7.48. The molecule has 0 spiro atoms. The van der Waals surface area contributed by atoms with E-state index in [9.17, 15) is 0 Å². The van der Waals surface area contributed by atoms with E-state index in [0.717, 1.165) is 33.6 Å². The van der Waals surface area contributed by atoms with Gasteiger partial charge in [-0.2, -0.15) is 0 Å². The average Bonchev–Trinajstić information content (AvgIpc) is 2.47. The van der Waals surface area contributed by atoms with Gasteiger partial charge in [0.05, 0.1) is 7.11 Å². The van der Waals surface area contributed by atoms with Gasteiger partial charge in [-0.25, -0.2) is 0 Å². The Morgan fingerprint density at radius 3 is 2.57 bits per heavy atom. The molecule has 0 heterocycles. The fourth-order valence-electron chi connectivity index (χ4n) is 2.07. The highest BCUT2D eigenvalue weighted by Gasteiger charge is 2.07. The van der Waals surface area contributed by atoms with E-state index in [2.05, 4.69) is 39.4 Å². The van der Waals surface area contributed by atoms with Crippen molar-refractivity contribution in [1.29, 1.82) is 0 Å². The van der Waals surface area contributed by atoms with Crippen LogP contribution in [0.2, 0.25) is 0 Å². The summed E-state index contributed by atoms with van der Waals surface area (Å²) in [5.74, 6) is 1.52. The number of rotatable bonds is 6. The zero-order valence-corrected chi connectivity index (χ0v) is 14.2. The van der Waals surface area contributed by atoms with E-state index in [4.69, 9.17) is 9.47 Å². The predicted molar refractivity (Wildman–Crippen MR) is 89.0 cm³/mol. The topological polar surface area (TPSA) is 30.5 Å². The van der Waals surface area contributed by atoms with Crippen LogP contribution in [0.3, 0.4) is 0 Å². The van der Waals surface area contributed by atoms with Gasteiger partial charge < -0.3 is 14.8 Å². The number of aryl methyl sites for hydroxylation is 1. The Morgan fingerprint density at radius 1 is 1.10 bits per heavy atom. The van der Waals surface area contributed by atoms with Crippen molar-refractivity contribution in [3.05, 3.63) is 57.6 Å². The van der Waals surface area contributed by atoms with Gasteiger partial charge in [-0.1, -0.05) is 34.1 Å². The minimum Gasteiger partial charge on any atom is -0.493 e. The maximum Gasteiger partial charge on any atom is 0.161 e. The van der Waals surface area contributed by atoms with Crippen LogP contribution in [0.25, 0.3) is 0 Å². The molecule has 21 heavy (non-hydrogen) atoms. The third-order valence-corrected chi connectivity index (χ3v) is 3.94. The molecule has 0 fully saturated rings. The van der Waals surface area contributed by atoms with E-state index in [1.54, 1.807) is 7.11 Å². The monoisotopic (exact) mass is 349 g/mol. The van der Waals surface area contributed by atoms with Crippen LogP contribution in [0.4, 0.5) is 0 Å². The number of benzene rings is 2. The summed E-state index contributed by atoms with van der Waals surface area (Å²) in [4.78, 5) is 0. The van der Waals surface area contributed by atoms with Gasteiger partial charge in [0.1, 0.15) is 6.61 Å². The van der Waals surface area contributed by atoms with Crippen LogP contribution in [-0.2, 0) is 13.2 Å². The van der Waals surface area contributed by atoms with Crippen molar-refractivity contribution in [2.24, 2.45) is 0 Å². The van der Waals surface area contributed by atoms with E-state index in [1.165, 1.54) is 5.56 Å². The lowest BCUT2D eigenvalue weighted by Gasteiger charge is -2.13. The van der Waals surface area contributed by atoms with Crippen molar-refractivity contribution in [3.8, 4) is 11.5 Å². The standard InChI is InChI=1S/C17H20BrNO2/c1-12-4-7-16(17(8-12)20-3)21-11-14-6-5-13(10-19-2)9-15(14)18/h4-9,19H,10-11H2,1-3H3. The summed E-state index contributed by atoms with van der Waals surface area (Å²) in [5.41, 5.74) is 3.50. The highest BCUT2D eigenvalue weighted by atomic mass is 79.9. The minimum atomic E-state index is 0.500. The smallest absolute Gasteiger partial charge is 0.161 e. The summed E-state index contributed by atoms with van der Waals surface area (Å²) in [6.07, 6.45) is 0. The lowest BCUT2D eigenvalue weighted by atomic mass is 10.1. The first-order chi connectivity index (χ1) is 10.1. The van der Waals surface area contributed by atoms with Crippen molar-refractivity contribution >= 4 is 15.9 Å². The van der Waals surface area contributed by atoms with Gasteiger partial charge in [0.2, 0.25) is 0 Å². The Morgan fingerprint density at radius 2 is 1.90 bits per heavy atom. The molecule has 112 valence electrons. The van der Waals surface area contributed by atoms with E-state index < -0.39 is 0 Å². The van der Waals surface area contributed by atoms with E-state index >= 15 is 0 Å². The molecule has 0 aromatic heterocycles. The van der Waals surface area contributed by atoms with Crippen molar-refractivity contribution in [3.63, 3.8) is 0 Å². The highest BCUT2D eigenvalue weighted by Crippen LogP contribution is 2.29. The minimum absolute atomic E-state index is 0.500. The first kappa shape index (κ1) is 15.9. The molecule has 3 nitrogen and oxygen atoms in total. The van der Waals surface area contributed by atoms with Crippen LogP contribution in [0, 0.1) is 6.92 Å². The first-order valence-electron chi connectivity index (χ1n) is 6.83. The summed E-state index contributed by atoms with van der Waals surface area (Å²) in [6, 6.07) is 12.2. The molecule has 1 N–H and O–H groups in total. The van der Waals surface area contributed by atoms with Crippen LogP contribution in [0.5, 0.6) is 11.5 Å². The summed E-state index contributed by atoms with van der Waals surface area (Å²) in [6.45, 7) is 3.38. The maximum absolute atomic E-state index is 5.88. The van der Waals surface area contributed by atoms with Crippen molar-refractivity contribution in [1.82, 2.24) is 5.32 Å². The molecular weight excluding hydrogens is 330 g/mol. The Hall–Kier alpha value is -1.52. The molecule has 0 saturated heterocycles. The van der Waals surface area contributed by atoms with Gasteiger partial charge in [0.15, 0.2) is 11.5 Å². The Kier molecular flexibility index (Phi) is 5.65. The van der Waals surface area contributed by atoms with E-state index in [-0.39, 0.29) is 0 Å². The Labute approximate surface area is 134 Å². The predicted octanol–water partition coefficient (Wildman–Crippen LogP) is 4.06. The largest absolute Gasteiger partial charge is 0.493 e. The molecule has 0 atom stereocenters. The number of hydrogen-bond acceptors (Lipinski definition) is 3. The van der Waals surface area contributed by atoms with Gasteiger partial charge in [-0.3, -0.25) is 0 Å². The quantitative estimate of drug-likeness (QED) is 0.852. The van der Waals surface area contributed by atoms with Gasteiger partial charge in [0, 0.05) is 16.6 Å². The summed E-state index contributed by atoms with van der Waals surface area (Å²) in [7, 11) is 3.60. The molecule has 0 aliphatic carbocycles. The van der Waals surface area contributed by atoms with Crippen LogP contribution in [-0.4, -0.2) is 14.2 Å². The molecule has 0 bridgehead atoms. The molecule has 0 saturated carbocycles. The molecule has 0 radical (unpaired) electrons. The third-order valence-electron chi connectivity index (χ3n) is 3.20. The third kappa shape index (κ3) is 4.22. The second-order valence-electron chi connectivity index (χ2n) is 4.90. The van der Waals surface area contributed by atoms with Gasteiger partial charge in [0.25, 0.3) is 0 Å². The van der Waals surface area contributed by atoms with Gasteiger partial charge in [-0.05, 0) is 43.3 Å². The van der Waals surface area contributed by atoms with Crippen LogP contribution >= 0.6 is 15.9 Å². The van der Waals surface area contributed by atoms with Crippen LogP contribution < -0.4 is 14.8 Å². The SMILES string of the molecule is CNCc1ccc(COc2ccc(C)cc2OC)c(Br)c1.